The summed E-state index contributed by atoms with van der Waals surface area (Å²) in [6.07, 6.45) is 0.270. The number of carbonyl (C=O) groups excluding carboxylic acids is 2. The molecule has 1 N–H and O–H groups in total. The lowest BCUT2D eigenvalue weighted by Gasteiger charge is -2.17. The second-order valence-corrected chi connectivity index (χ2v) is 5.76. The lowest BCUT2D eigenvalue weighted by molar-refractivity contribution is -0.132. The van der Waals surface area contributed by atoms with E-state index < -0.39 is 0 Å². The number of nitrogens with one attached hydrogen (secondary N) is 1. The minimum atomic E-state index is -0.166. The molecule has 0 saturated heterocycles. The van der Waals surface area contributed by atoms with Crippen molar-refractivity contribution in [1.29, 1.82) is 0 Å². The maximum atomic E-state index is 12.1. The third-order valence-corrected chi connectivity index (χ3v) is 3.61. The van der Waals surface area contributed by atoms with Gasteiger partial charge >= 0.3 is 0 Å². The van der Waals surface area contributed by atoms with Crippen LogP contribution in [0.1, 0.15) is 11.1 Å². The van der Waals surface area contributed by atoms with E-state index in [1.54, 1.807) is 18.0 Å². The Morgan fingerprint density at radius 1 is 1.04 bits per heavy atom. The topological polar surface area (TPSA) is 49.4 Å². The lowest BCUT2D eigenvalue weighted by Crippen LogP contribution is -2.38. The van der Waals surface area contributed by atoms with Crippen molar-refractivity contribution in [3.8, 4) is 0 Å². The monoisotopic (exact) mass is 330 g/mol. The number of halogens is 1. The molecule has 0 aliphatic rings. The SMILES string of the molecule is CN(Cc1cccc(Cl)c1)C(=O)CNC(=O)Cc1ccccc1. The molecule has 0 saturated carbocycles. The number of hydrogen-bond donors (Lipinski definition) is 1. The van der Waals surface area contributed by atoms with Gasteiger partial charge in [0.25, 0.3) is 0 Å². The number of amides is 2. The van der Waals surface area contributed by atoms with Gasteiger partial charge in [-0.05, 0) is 23.3 Å². The molecule has 0 aromatic heterocycles. The van der Waals surface area contributed by atoms with E-state index in [1.807, 2.05) is 48.5 Å². The molecular weight excluding hydrogens is 312 g/mol. The smallest absolute Gasteiger partial charge is 0.242 e. The largest absolute Gasteiger partial charge is 0.347 e. The molecule has 2 aromatic carbocycles. The van der Waals surface area contributed by atoms with Gasteiger partial charge in [0.1, 0.15) is 0 Å². The average molecular weight is 331 g/mol. The zero-order valence-electron chi connectivity index (χ0n) is 13.0. The number of likely N-dealkylation sites (N-methyl/N-ethyl adjacent to an activating group) is 1. The minimum absolute atomic E-state index is 0.0112. The van der Waals surface area contributed by atoms with E-state index in [4.69, 9.17) is 11.6 Å². The standard InChI is InChI=1S/C18H19ClN2O2/c1-21(13-15-8-5-9-16(19)10-15)18(23)12-20-17(22)11-14-6-3-2-4-7-14/h2-10H,11-13H2,1H3,(H,20,22). The number of carbonyl (C=O) groups is 2. The summed E-state index contributed by atoms with van der Waals surface area (Å²) in [5.74, 6) is -0.313. The fourth-order valence-electron chi connectivity index (χ4n) is 2.15. The van der Waals surface area contributed by atoms with Crippen LogP contribution in [0.3, 0.4) is 0 Å². The summed E-state index contributed by atoms with van der Waals surface area (Å²) in [7, 11) is 1.70. The summed E-state index contributed by atoms with van der Waals surface area (Å²) in [5.41, 5.74) is 1.87. The molecule has 0 bridgehead atoms. The first-order valence-corrected chi connectivity index (χ1v) is 7.71. The van der Waals surface area contributed by atoms with Crippen LogP contribution in [-0.4, -0.2) is 30.3 Å². The van der Waals surface area contributed by atoms with Crippen molar-refractivity contribution in [2.45, 2.75) is 13.0 Å². The molecule has 23 heavy (non-hydrogen) atoms. The minimum Gasteiger partial charge on any atom is -0.347 e. The Kier molecular flexibility index (Phi) is 6.18. The highest BCUT2D eigenvalue weighted by Gasteiger charge is 2.11. The van der Waals surface area contributed by atoms with Gasteiger partial charge in [0.2, 0.25) is 11.8 Å². The van der Waals surface area contributed by atoms with Crippen LogP contribution in [0.25, 0.3) is 0 Å². The van der Waals surface area contributed by atoms with Gasteiger partial charge in [-0.3, -0.25) is 9.59 Å². The predicted octanol–water partition coefficient (Wildman–Crippen LogP) is 2.66. The van der Waals surface area contributed by atoms with Crippen molar-refractivity contribution in [3.05, 3.63) is 70.7 Å². The maximum absolute atomic E-state index is 12.1. The van der Waals surface area contributed by atoms with Crippen molar-refractivity contribution in [2.24, 2.45) is 0 Å². The summed E-state index contributed by atoms with van der Waals surface area (Å²) < 4.78 is 0. The summed E-state index contributed by atoms with van der Waals surface area (Å²) >= 11 is 5.93. The molecule has 0 aliphatic heterocycles. The highest BCUT2D eigenvalue weighted by molar-refractivity contribution is 6.30. The van der Waals surface area contributed by atoms with E-state index in [0.717, 1.165) is 11.1 Å². The molecule has 5 heteroatoms. The van der Waals surface area contributed by atoms with Crippen LogP contribution in [0.2, 0.25) is 5.02 Å². The molecule has 120 valence electrons. The third kappa shape index (κ3) is 5.75. The first-order chi connectivity index (χ1) is 11.0. The Morgan fingerprint density at radius 3 is 2.43 bits per heavy atom. The van der Waals surface area contributed by atoms with E-state index in [-0.39, 0.29) is 24.8 Å². The Hall–Kier alpha value is -2.33. The van der Waals surface area contributed by atoms with Crippen molar-refractivity contribution in [3.63, 3.8) is 0 Å². The van der Waals surface area contributed by atoms with Crippen molar-refractivity contribution in [2.75, 3.05) is 13.6 Å². The fourth-order valence-corrected chi connectivity index (χ4v) is 2.36. The van der Waals surface area contributed by atoms with Gasteiger partial charge in [-0.25, -0.2) is 0 Å². The second kappa shape index (κ2) is 8.34. The molecule has 0 aliphatic carbocycles. The zero-order valence-corrected chi connectivity index (χ0v) is 13.7. The van der Waals surface area contributed by atoms with E-state index >= 15 is 0 Å². The molecule has 0 unspecified atom stereocenters. The molecule has 0 atom stereocenters. The predicted molar refractivity (Wildman–Crippen MR) is 91.1 cm³/mol. The van der Waals surface area contributed by atoms with Gasteiger partial charge in [0.15, 0.2) is 0 Å². The molecule has 0 heterocycles. The van der Waals surface area contributed by atoms with E-state index in [2.05, 4.69) is 5.32 Å². The molecule has 0 fully saturated rings. The molecule has 2 rings (SSSR count). The summed E-state index contributed by atoms with van der Waals surface area (Å²) in [4.78, 5) is 25.5. The normalized spacial score (nSPS) is 10.2. The maximum Gasteiger partial charge on any atom is 0.242 e. The quantitative estimate of drug-likeness (QED) is 0.885. The second-order valence-electron chi connectivity index (χ2n) is 5.32. The van der Waals surface area contributed by atoms with E-state index in [0.29, 0.717) is 11.6 Å². The van der Waals surface area contributed by atoms with Crippen LogP contribution in [0, 0.1) is 0 Å². The van der Waals surface area contributed by atoms with Gasteiger partial charge in [0.05, 0.1) is 13.0 Å². The highest BCUT2D eigenvalue weighted by Crippen LogP contribution is 2.12. The van der Waals surface area contributed by atoms with Gasteiger partial charge in [0, 0.05) is 18.6 Å². The Morgan fingerprint density at radius 2 is 1.74 bits per heavy atom. The Labute approximate surface area is 141 Å². The average Bonchev–Trinajstić information content (AvgIpc) is 2.53. The molecule has 0 spiro atoms. The van der Waals surface area contributed by atoms with Crippen molar-refractivity contribution >= 4 is 23.4 Å². The fraction of sp³-hybridized carbons (Fsp3) is 0.222. The lowest BCUT2D eigenvalue weighted by atomic mass is 10.1. The van der Waals surface area contributed by atoms with E-state index in [9.17, 15) is 9.59 Å². The summed E-state index contributed by atoms with van der Waals surface area (Å²) in [6.45, 7) is 0.441. The number of nitrogens with zero attached hydrogens (tertiary/aromatic N) is 1. The van der Waals surface area contributed by atoms with Crippen molar-refractivity contribution in [1.82, 2.24) is 10.2 Å². The van der Waals surface area contributed by atoms with Crippen LogP contribution >= 0.6 is 11.6 Å². The molecular formula is C18H19ClN2O2. The van der Waals surface area contributed by atoms with Gasteiger partial charge < -0.3 is 10.2 Å². The Bertz CT molecular complexity index is 674. The number of rotatable bonds is 6. The highest BCUT2D eigenvalue weighted by atomic mass is 35.5. The van der Waals surface area contributed by atoms with Crippen LogP contribution in [0.5, 0.6) is 0 Å². The summed E-state index contributed by atoms with van der Waals surface area (Å²) in [6, 6.07) is 16.8. The number of benzene rings is 2. The van der Waals surface area contributed by atoms with Gasteiger partial charge in [-0.2, -0.15) is 0 Å². The first kappa shape index (κ1) is 17.0. The molecule has 2 aromatic rings. The third-order valence-electron chi connectivity index (χ3n) is 3.38. The van der Waals surface area contributed by atoms with Gasteiger partial charge in [-0.15, -0.1) is 0 Å². The molecule has 0 radical (unpaired) electrons. The zero-order chi connectivity index (χ0) is 16.7. The summed E-state index contributed by atoms with van der Waals surface area (Å²) in [5, 5.41) is 3.29. The van der Waals surface area contributed by atoms with Crippen LogP contribution in [0.15, 0.2) is 54.6 Å². The molecule has 2 amide bonds. The van der Waals surface area contributed by atoms with Crippen LogP contribution in [-0.2, 0) is 22.6 Å². The van der Waals surface area contributed by atoms with Crippen LogP contribution in [0.4, 0.5) is 0 Å². The first-order valence-electron chi connectivity index (χ1n) is 7.33. The van der Waals surface area contributed by atoms with Gasteiger partial charge in [-0.1, -0.05) is 54.1 Å². The number of hydrogen-bond acceptors (Lipinski definition) is 2. The van der Waals surface area contributed by atoms with Crippen LogP contribution < -0.4 is 5.32 Å². The molecule has 4 nitrogen and oxygen atoms in total. The van der Waals surface area contributed by atoms with Crippen molar-refractivity contribution < 1.29 is 9.59 Å². The van der Waals surface area contributed by atoms with E-state index in [1.165, 1.54) is 0 Å². The Balaban J connectivity index is 1.78.